The molecule has 8 heteroatoms. The van der Waals surface area contributed by atoms with E-state index in [4.69, 9.17) is 0 Å². The van der Waals surface area contributed by atoms with E-state index < -0.39 is 12.7 Å². The number of nitrogens with one attached hydrogen (secondary N) is 1. The molecule has 0 bridgehead atoms. The minimum atomic E-state index is -2.91. The van der Waals surface area contributed by atoms with E-state index in [1.165, 1.54) is 17.8 Å². The maximum absolute atomic E-state index is 12.6. The Morgan fingerprint density at radius 3 is 2.43 bits per heavy atom. The van der Waals surface area contributed by atoms with Crippen LogP contribution in [0, 0.1) is 13.8 Å². The van der Waals surface area contributed by atoms with Crippen molar-refractivity contribution in [2.24, 2.45) is 0 Å². The minimum Gasteiger partial charge on any atom is -0.434 e. The summed E-state index contributed by atoms with van der Waals surface area (Å²) in [6, 6.07) is 6.13. The number of carbonyl (C=O) groups excluding carboxylic acids is 1. The van der Waals surface area contributed by atoms with Crippen LogP contribution >= 0.6 is 11.8 Å². The van der Waals surface area contributed by atoms with E-state index >= 15 is 0 Å². The Labute approximate surface area is 168 Å². The van der Waals surface area contributed by atoms with Gasteiger partial charge in [-0.1, -0.05) is 36.9 Å². The molecule has 0 aliphatic rings. The molecule has 0 aliphatic carbocycles. The summed E-state index contributed by atoms with van der Waals surface area (Å²) >= 11 is 1.48. The fraction of sp³-hybridized carbons (Fsp3) is 0.450. The van der Waals surface area contributed by atoms with E-state index in [2.05, 4.69) is 20.0 Å². The lowest BCUT2D eigenvalue weighted by atomic mass is 10.0. The molecule has 2 rings (SSSR count). The molecule has 1 unspecified atom stereocenters. The van der Waals surface area contributed by atoms with Crippen molar-refractivity contribution in [3.05, 3.63) is 46.8 Å². The van der Waals surface area contributed by atoms with Gasteiger partial charge in [-0.2, -0.15) is 8.78 Å². The topological polar surface area (TPSA) is 64.1 Å². The number of rotatable bonds is 9. The second-order valence-corrected chi connectivity index (χ2v) is 7.08. The number of carbonyl (C=O) groups is 1. The molecule has 152 valence electrons. The average molecular weight is 410 g/mol. The van der Waals surface area contributed by atoms with Gasteiger partial charge >= 0.3 is 6.61 Å². The van der Waals surface area contributed by atoms with Gasteiger partial charge in [0.15, 0.2) is 5.16 Å². The normalized spacial score (nSPS) is 12.1. The maximum Gasteiger partial charge on any atom is 0.387 e. The molecule has 5 nitrogen and oxygen atoms in total. The van der Waals surface area contributed by atoms with Crippen LogP contribution in [-0.2, 0) is 11.2 Å². The van der Waals surface area contributed by atoms with E-state index in [0.717, 1.165) is 17.0 Å². The van der Waals surface area contributed by atoms with Gasteiger partial charge in [-0.15, -0.1) is 0 Å². The van der Waals surface area contributed by atoms with Crippen LogP contribution in [0.25, 0.3) is 0 Å². The summed E-state index contributed by atoms with van der Waals surface area (Å²) in [6.45, 7) is 2.79. The highest BCUT2D eigenvalue weighted by Crippen LogP contribution is 2.28. The molecule has 1 heterocycles. The van der Waals surface area contributed by atoms with Crippen LogP contribution in [0.4, 0.5) is 8.78 Å². The fourth-order valence-corrected chi connectivity index (χ4v) is 3.49. The lowest BCUT2D eigenvalue weighted by Gasteiger charge is -2.20. The highest BCUT2D eigenvalue weighted by atomic mass is 32.2. The summed E-state index contributed by atoms with van der Waals surface area (Å²) in [7, 11) is 0. The monoisotopic (exact) mass is 409 g/mol. The average Bonchev–Trinajstić information content (AvgIpc) is 2.65. The molecule has 1 N–H and O–H groups in total. The molecule has 28 heavy (non-hydrogen) atoms. The molecular formula is C20H25F2N3O2S. The van der Waals surface area contributed by atoms with Gasteiger partial charge in [-0.05, 0) is 44.6 Å². The predicted molar refractivity (Wildman–Crippen MR) is 106 cm³/mol. The number of hydrogen-bond acceptors (Lipinski definition) is 5. The third-order valence-electron chi connectivity index (χ3n) is 4.44. The summed E-state index contributed by atoms with van der Waals surface area (Å²) < 4.78 is 29.9. The van der Waals surface area contributed by atoms with Crippen molar-refractivity contribution in [1.82, 2.24) is 15.3 Å². The molecular weight excluding hydrogens is 384 g/mol. The van der Waals surface area contributed by atoms with Crippen LogP contribution in [-0.4, -0.2) is 28.7 Å². The SMILES string of the molecule is CCC(NC(=O)CCc1c(C)nc(SC)nc1C)c1ccccc1OC(F)F. The molecule has 0 saturated carbocycles. The van der Waals surface area contributed by atoms with E-state index in [9.17, 15) is 13.6 Å². The van der Waals surface area contributed by atoms with E-state index in [-0.39, 0.29) is 18.1 Å². The van der Waals surface area contributed by atoms with Crippen molar-refractivity contribution >= 4 is 17.7 Å². The smallest absolute Gasteiger partial charge is 0.387 e. The number of hydrogen-bond donors (Lipinski definition) is 1. The number of aryl methyl sites for hydroxylation is 2. The Morgan fingerprint density at radius 2 is 1.86 bits per heavy atom. The quantitative estimate of drug-likeness (QED) is 0.484. The molecule has 0 saturated heterocycles. The predicted octanol–water partition coefficient (Wildman–Crippen LogP) is 4.62. The van der Waals surface area contributed by atoms with Crippen LogP contribution in [0.5, 0.6) is 5.75 Å². The number of alkyl halides is 2. The van der Waals surface area contributed by atoms with Gasteiger partial charge in [-0.25, -0.2) is 9.97 Å². The Balaban J connectivity index is 2.06. The van der Waals surface area contributed by atoms with E-state index in [1.807, 2.05) is 27.0 Å². The number of amides is 1. The van der Waals surface area contributed by atoms with Gasteiger partial charge < -0.3 is 10.1 Å². The van der Waals surface area contributed by atoms with Gasteiger partial charge in [0.1, 0.15) is 5.75 Å². The fourth-order valence-electron chi connectivity index (χ4n) is 3.04. The van der Waals surface area contributed by atoms with Crippen LogP contribution in [0.2, 0.25) is 0 Å². The van der Waals surface area contributed by atoms with Gasteiger partial charge in [0, 0.05) is 23.4 Å². The molecule has 2 aromatic rings. The van der Waals surface area contributed by atoms with Crippen molar-refractivity contribution < 1.29 is 18.3 Å². The number of para-hydroxylation sites is 1. The number of aromatic nitrogens is 2. The molecule has 1 atom stereocenters. The van der Waals surface area contributed by atoms with Gasteiger partial charge in [0.25, 0.3) is 0 Å². The summed E-state index contributed by atoms with van der Waals surface area (Å²) in [5.74, 6) is -0.0798. The highest BCUT2D eigenvalue weighted by Gasteiger charge is 2.19. The zero-order valence-electron chi connectivity index (χ0n) is 16.5. The summed E-state index contributed by atoms with van der Waals surface area (Å²) in [4.78, 5) is 21.3. The molecule has 1 aromatic carbocycles. The first-order valence-corrected chi connectivity index (χ1v) is 10.3. The van der Waals surface area contributed by atoms with Crippen molar-refractivity contribution in [3.63, 3.8) is 0 Å². The number of thioether (sulfide) groups is 1. The lowest BCUT2D eigenvalue weighted by Crippen LogP contribution is -2.29. The second-order valence-electron chi connectivity index (χ2n) is 6.30. The molecule has 0 spiro atoms. The van der Waals surface area contributed by atoms with Crippen LogP contribution < -0.4 is 10.1 Å². The zero-order chi connectivity index (χ0) is 20.7. The summed E-state index contributed by atoms with van der Waals surface area (Å²) in [6.07, 6.45) is 3.25. The molecule has 1 aromatic heterocycles. The third kappa shape index (κ3) is 5.89. The molecule has 0 fully saturated rings. The minimum absolute atomic E-state index is 0.0809. The van der Waals surface area contributed by atoms with Crippen LogP contribution in [0.1, 0.15) is 48.3 Å². The zero-order valence-corrected chi connectivity index (χ0v) is 17.3. The number of halogens is 2. The van der Waals surface area contributed by atoms with E-state index in [1.54, 1.807) is 18.2 Å². The van der Waals surface area contributed by atoms with Gasteiger partial charge in [0.2, 0.25) is 5.91 Å². The van der Waals surface area contributed by atoms with Crippen LogP contribution in [0.3, 0.4) is 0 Å². The second kappa shape index (κ2) is 10.4. The molecule has 1 amide bonds. The first-order chi connectivity index (χ1) is 13.3. The van der Waals surface area contributed by atoms with Crippen molar-refractivity contribution in [3.8, 4) is 5.75 Å². The Morgan fingerprint density at radius 1 is 1.21 bits per heavy atom. The summed E-state index contributed by atoms with van der Waals surface area (Å²) in [5.41, 5.74) is 3.24. The van der Waals surface area contributed by atoms with Crippen molar-refractivity contribution in [2.75, 3.05) is 6.26 Å². The highest BCUT2D eigenvalue weighted by molar-refractivity contribution is 7.98. The number of benzene rings is 1. The standard InChI is InChI=1S/C20H25F2N3O2S/c1-5-16(15-8-6-7-9-17(15)27-19(21)22)25-18(26)11-10-14-12(2)23-20(28-4)24-13(14)3/h6-9,16,19H,5,10-11H2,1-4H3,(H,25,26). The number of nitrogens with zero attached hydrogens (tertiary/aromatic N) is 2. The van der Waals surface area contributed by atoms with E-state index in [0.29, 0.717) is 23.6 Å². The first kappa shape index (κ1) is 22.1. The third-order valence-corrected chi connectivity index (χ3v) is 4.99. The molecule has 0 aliphatic heterocycles. The van der Waals surface area contributed by atoms with Gasteiger partial charge in [-0.3, -0.25) is 4.79 Å². The van der Waals surface area contributed by atoms with Crippen molar-refractivity contribution in [2.45, 2.75) is 57.8 Å². The Bertz CT molecular complexity index is 795. The Kier molecular flexibility index (Phi) is 8.17. The van der Waals surface area contributed by atoms with Crippen molar-refractivity contribution in [1.29, 1.82) is 0 Å². The Hall–Kier alpha value is -2.22. The lowest BCUT2D eigenvalue weighted by molar-refractivity contribution is -0.121. The van der Waals surface area contributed by atoms with Gasteiger partial charge in [0.05, 0.1) is 6.04 Å². The summed E-state index contributed by atoms with van der Waals surface area (Å²) in [5, 5.41) is 3.63. The number of ether oxygens (including phenoxy) is 1. The first-order valence-electron chi connectivity index (χ1n) is 9.06. The maximum atomic E-state index is 12.6. The molecule has 0 radical (unpaired) electrons. The largest absolute Gasteiger partial charge is 0.434 e. The van der Waals surface area contributed by atoms with Crippen LogP contribution in [0.15, 0.2) is 29.4 Å².